The molecule has 0 aliphatic carbocycles. The molecule has 2 N–H and O–H groups in total. The molecule has 5 nitrogen and oxygen atoms in total. The van der Waals surface area contributed by atoms with E-state index in [0.717, 1.165) is 16.6 Å². The van der Waals surface area contributed by atoms with Gasteiger partial charge in [-0.3, -0.25) is 4.98 Å². The molecule has 3 rings (SSSR count). The number of rotatable bonds is 8. The van der Waals surface area contributed by atoms with Gasteiger partial charge in [-0.1, -0.05) is 62.4 Å². The number of hydrogen-bond donors (Lipinski definition) is 2. The fraction of sp³-hybridized carbons (Fsp3) is 0.280. The van der Waals surface area contributed by atoms with E-state index in [1.54, 1.807) is 24.3 Å². The molecular formula is C25H25FNNaO4. The molecule has 1 aromatic heterocycles. The first-order valence-corrected chi connectivity index (χ1v) is 10.2. The van der Waals surface area contributed by atoms with Crippen LogP contribution in [-0.2, 0) is 4.79 Å². The van der Waals surface area contributed by atoms with Crippen LogP contribution in [0, 0.1) is 5.82 Å². The summed E-state index contributed by atoms with van der Waals surface area (Å²) in [5.41, 5.74) is 3.26. The Bertz CT molecular complexity index is 1120. The Kier molecular flexibility index (Phi) is 9.55. The molecule has 0 aliphatic rings. The summed E-state index contributed by atoms with van der Waals surface area (Å²) < 4.78 is 14.8. The van der Waals surface area contributed by atoms with Gasteiger partial charge in [0.05, 0.1) is 23.4 Å². The van der Waals surface area contributed by atoms with E-state index in [1.807, 2.05) is 38.1 Å². The maximum absolute atomic E-state index is 14.8. The van der Waals surface area contributed by atoms with Gasteiger partial charge in [-0.2, -0.15) is 0 Å². The van der Waals surface area contributed by atoms with Gasteiger partial charge in [0.25, 0.3) is 0 Å². The minimum Gasteiger partial charge on any atom is -0.550 e. The standard InChI is InChI=1S/C25H26FNO4.Na/c1-15(2)25-20(12-11-16(28)13-17(29)14-23(30)31)24(18-7-3-5-9-21(18)26)19-8-4-6-10-22(19)27-25;/h3-12,15-17,28-29H,13-14H2,1-2H3,(H,30,31);/q;+1/p-1/b12-11+;. The van der Waals surface area contributed by atoms with Crippen molar-refractivity contribution >= 4 is 22.9 Å². The third-order valence-corrected chi connectivity index (χ3v) is 5.05. The van der Waals surface area contributed by atoms with E-state index in [9.17, 15) is 24.5 Å². The Hall–Kier alpha value is -2.09. The number of carboxylic acid groups (broad SMARTS) is 1. The van der Waals surface area contributed by atoms with Gasteiger partial charge in [-0.15, -0.1) is 0 Å². The fourth-order valence-corrected chi connectivity index (χ4v) is 3.65. The number of aliphatic hydroxyl groups excluding tert-OH is 2. The number of carbonyl (C=O) groups excluding carboxylic acids is 1. The number of halogens is 1. The number of aliphatic hydroxyl groups is 2. The summed E-state index contributed by atoms with van der Waals surface area (Å²) in [7, 11) is 0. The maximum Gasteiger partial charge on any atom is 1.00 e. The summed E-state index contributed by atoms with van der Waals surface area (Å²) in [6.45, 7) is 3.97. The zero-order valence-electron chi connectivity index (χ0n) is 18.5. The van der Waals surface area contributed by atoms with Gasteiger partial charge in [-0.25, -0.2) is 4.39 Å². The number of nitrogens with zero attached hydrogens (tertiary/aromatic N) is 1. The molecule has 0 fully saturated rings. The molecule has 0 bridgehead atoms. The number of fused-ring (bicyclic) bond motifs is 1. The number of pyridine rings is 1. The molecule has 0 aliphatic heterocycles. The summed E-state index contributed by atoms with van der Waals surface area (Å²) in [5, 5.41) is 31.5. The Labute approximate surface area is 208 Å². The first-order valence-electron chi connectivity index (χ1n) is 10.2. The van der Waals surface area contributed by atoms with Gasteiger partial charge in [-0.05, 0) is 18.1 Å². The van der Waals surface area contributed by atoms with Crippen molar-refractivity contribution in [2.24, 2.45) is 0 Å². The van der Waals surface area contributed by atoms with Gasteiger partial charge in [0, 0.05) is 40.9 Å². The normalized spacial score (nSPS) is 13.3. The second kappa shape index (κ2) is 11.7. The number of carbonyl (C=O) groups is 1. The van der Waals surface area contributed by atoms with Crippen LogP contribution < -0.4 is 34.7 Å². The average molecular weight is 445 g/mol. The number of aliphatic carboxylic acids is 1. The maximum atomic E-state index is 14.8. The molecule has 32 heavy (non-hydrogen) atoms. The third-order valence-electron chi connectivity index (χ3n) is 5.05. The molecule has 2 unspecified atom stereocenters. The van der Waals surface area contributed by atoms with Crippen LogP contribution in [0.2, 0.25) is 0 Å². The van der Waals surface area contributed by atoms with Crippen molar-refractivity contribution in [1.82, 2.24) is 4.98 Å². The largest absolute Gasteiger partial charge is 1.00 e. The second-order valence-electron chi connectivity index (χ2n) is 7.83. The minimum absolute atomic E-state index is 0. The first-order chi connectivity index (χ1) is 14.8. The minimum atomic E-state index is -1.38. The van der Waals surface area contributed by atoms with Crippen LogP contribution in [0.5, 0.6) is 0 Å². The van der Waals surface area contributed by atoms with Crippen LogP contribution in [0.3, 0.4) is 0 Å². The zero-order valence-corrected chi connectivity index (χ0v) is 20.5. The Morgan fingerprint density at radius 3 is 2.44 bits per heavy atom. The zero-order chi connectivity index (χ0) is 22.5. The van der Waals surface area contributed by atoms with Crippen molar-refractivity contribution < 1.29 is 54.1 Å². The van der Waals surface area contributed by atoms with E-state index in [0.29, 0.717) is 16.7 Å². The molecular weight excluding hydrogens is 420 g/mol. The number of aromatic nitrogens is 1. The Balaban J connectivity index is 0.00000363. The predicted molar refractivity (Wildman–Crippen MR) is 117 cm³/mol. The smallest absolute Gasteiger partial charge is 0.550 e. The van der Waals surface area contributed by atoms with Crippen LogP contribution >= 0.6 is 0 Å². The molecule has 2 aromatic carbocycles. The predicted octanol–water partition coefficient (Wildman–Crippen LogP) is 0.433. The van der Waals surface area contributed by atoms with Crippen molar-refractivity contribution in [3.8, 4) is 11.1 Å². The molecule has 0 amide bonds. The molecule has 3 aromatic rings. The van der Waals surface area contributed by atoms with Gasteiger partial charge < -0.3 is 20.1 Å². The molecule has 0 spiro atoms. The van der Waals surface area contributed by atoms with Crippen LogP contribution in [-0.4, -0.2) is 33.4 Å². The molecule has 0 radical (unpaired) electrons. The Morgan fingerprint density at radius 2 is 1.78 bits per heavy atom. The molecule has 7 heteroatoms. The van der Waals surface area contributed by atoms with E-state index in [2.05, 4.69) is 0 Å². The van der Waals surface area contributed by atoms with E-state index in [-0.39, 0.29) is 47.7 Å². The molecule has 0 saturated heterocycles. The van der Waals surface area contributed by atoms with E-state index in [4.69, 9.17) is 4.98 Å². The summed E-state index contributed by atoms with van der Waals surface area (Å²) >= 11 is 0. The quantitative estimate of drug-likeness (QED) is 0.491. The monoisotopic (exact) mass is 445 g/mol. The number of benzene rings is 2. The topological polar surface area (TPSA) is 93.5 Å². The van der Waals surface area contributed by atoms with E-state index < -0.39 is 24.6 Å². The fourth-order valence-electron chi connectivity index (χ4n) is 3.65. The molecule has 1 heterocycles. The van der Waals surface area contributed by atoms with Crippen LogP contribution in [0.15, 0.2) is 54.6 Å². The van der Waals surface area contributed by atoms with Crippen molar-refractivity contribution in [2.45, 2.75) is 44.8 Å². The SMILES string of the molecule is CC(C)c1nc2ccccc2c(-c2ccccc2F)c1/C=C/C(O)CC(O)CC(=O)[O-].[Na+]. The van der Waals surface area contributed by atoms with E-state index in [1.165, 1.54) is 12.1 Å². The second-order valence-corrected chi connectivity index (χ2v) is 7.83. The first kappa shape index (κ1) is 26.2. The van der Waals surface area contributed by atoms with E-state index >= 15 is 0 Å². The molecule has 0 saturated carbocycles. The van der Waals surface area contributed by atoms with Gasteiger partial charge >= 0.3 is 29.6 Å². The van der Waals surface area contributed by atoms with Crippen LogP contribution in [0.1, 0.15) is 43.9 Å². The van der Waals surface area contributed by atoms with Crippen molar-refractivity contribution in [3.05, 3.63) is 71.7 Å². The Morgan fingerprint density at radius 1 is 1.12 bits per heavy atom. The van der Waals surface area contributed by atoms with Gasteiger partial charge in [0.15, 0.2) is 0 Å². The van der Waals surface area contributed by atoms with Crippen molar-refractivity contribution in [2.75, 3.05) is 0 Å². The van der Waals surface area contributed by atoms with Gasteiger partial charge in [0.1, 0.15) is 5.82 Å². The third kappa shape index (κ3) is 6.24. The average Bonchev–Trinajstić information content (AvgIpc) is 2.71. The van der Waals surface area contributed by atoms with Crippen LogP contribution in [0.25, 0.3) is 28.1 Å². The van der Waals surface area contributed by atoms with Crippen molar-refractivity contribution in [1.29, 1.82) is 0 Å². The molecule has 162 valence electrons. The summed E-state index contributed by atoms with van der Waals surface area (Å²) in [6.07, 6.45) is 0.120. The summed E-state index contributed by atoms with van der Waals surface area (Å²) in [4.78, 5) is 15.4. The molecule has 2 atom stereocenters. The van der Waals surface area contributed by atoms with Crippen LogP contribution in [0.4, 0.5) is 4.39 Å². The number of carboxylic acids is 1. The van der Waals surface area contributed by atoms with Crippen molar-refractivity contribution in [3.63, 3.8) is 0 Å². The summed E-state index contributed by atoms with van der Waals surface area (Å²) in [5.74, 6) is -1.73. The number of para-hydroxylation sites is 1. The van der Waals surface area contributed by atoms with Gasteiger partial charge in [0.2, 0.25) is 0 Å². The number of hydrogen-bond acceptors (Lipinski definition) is 5. The summed E-state index contributed by atoms with van der Waals surface area (Å²) in [6, 6.07) is 14.0.